The smallest absolute Gasteiger partial charge is 0.222 e. The standard InChI is InChI=1S/C19H20F2N4O3/c1-8-10-4-5-25(18(10)24-19(22)23-8)14-7-11(16(27)17(14)28)15(26)9-2-3-12(20)13(21)6-9/h2-6,11,14-17,26-28H,7H2,1H3,(H2,22,23,24)/t11-,14-,15+,16-,17+/m1/s1. The Kier molecular flexibility index (Phi) is 4.53. The number of nitrogen functional groups attached to an aromatic ring is 1. The summed E-state index contributed by atoms with van der Waals surface area (Å²) in [6.07, 6.45) is -1.79. The van der Waals surface area contributed by atoms with Gasteiger partial charge in [-0.25, -0.2) is 13.8 Å². The van der Waals surface area contributed by atoms with Gasteiger partial charge in [0.25, 0.3) is 0 Å². The van der Waals surface area contributed by atoms with Crippen molar-refractivity contribution in [3.63, 3.8) is 0 Å². The van der Waals surface area contributed by atoms with Gasteiger partial charge in [0, 0.05) is 17.5 Å². The monoisotopic (exact) mass is 390 g/mol. The molecule has 0 unspecified atom stereocenters. The predicted octanol–water partition coefficient (Wildman–Crippen LogP) is 1.62. The summed E-state index contributed by atoms with van der Waals surface area (Å²) in [5.74, 6) is -2.79. The van der Waals surface area contributed by atoms with Gasteiger partial charge in [0.2, 0.25) is 5.95 Å². The van der Waals surface area contributed by atoms with Gasteiger partial charge in [-0.2, -0.15) is 4.98 Å². The minimum absolute atomic E-state index is 0.0938. The Hall–Kier alpha value is -2.62. The molecule has 2 aromatic heterocycles. The molecule has 0 bridgehead atoms. The molecule has 2 heterocycles. The summed E-state index contributed by atoms with van der Waals surface area (Å²) >= 11 is 0. The molecule has 1 aliphatic carbocycles. The average Bonchev–Trinajstić information content (AvgIpc) is 3.19. The summed E-state index contributed by atoms with van der Waals surface area (Å²) in [5, 5.41) is 32.5. The number of fused-ring (bicyclic) bond motifs is 1. The SMILES string of the molecule is Cc1nc(N)nc2c1ccn2[C@@H]1C[C@H]([C@@H](O)c2ccc(F)c(F)c2)[C@@H](O)[C@H]1O. The van der Waals surface area contributed by atoms with Gasteiger partial charge < -0.3 is 25.6 Å². The summed E-state index contributed by atoms with van der Waals surface area (Å²) in [4.78, 5) is 8.34. The molecular formula is C19H20F2N4O3. The molecule has 3 aromatic rings. The fourth-order valence-electron chi connectivity index (χ4n) is 4.05. The largest absolute Gasteiger partial charge is 0.390 e. The topological polar surface area (TPSA) is 117 Å². The molecule has 0 saturated heterocycles. The molecule has 7 nitrogen and oxygen atoms in total. The van der Waals surface area contributed by atoms with Gasteiger partial charge in [-0.3, -0.25) is 0 Å². The molecule has 1 aromatic carbocycles. The fourth-order valence-corrected chi connectivity index (χ4v) is 4.05. The van der Waals surface area contributed by atoms with E-state index in [0.29, 0.717) is 11.3 Å². The predicted molar refractivity (Wildman–Crippen MR) is 97.2 cm³/mol. The zero-order valence-corrected chi connectivity index (χ0v) is 15.0. The molecule has 28 heavy (non-hydrogen) atoms. The highest BCUT2D eigenvalue weighted by molar-refractivity contribution is 5.79. The molecular weight excluding hydrogens is 370 g/mol. The maximum atomic E-state index is 13.5. The first kappa shape index (κ1) is 18.7. The highest BCUT2D eigenvalue weighted by Crippen LogP contribution is 2.43. The molecule has 1 fully saturated rings. The van der Waals surface area contributed by atoms with Crippen LogP contribution in [0.15, 0.2) is 30.5 Å². The minimum atomic E-state index is -1.27. The number of aliphatic hydroxyl groups is 3. The molecule has 0 spiro atoms. The third-order valence-corrected chi connectivity index (χ3v) is 5.52. The third kappa shape index (κ3) is 2.92. The Morgan fingerprint density at radius 2 is 1.89 bits per heavy atom. The van der Waals surface area contributed by atoms with Crippen molar-refractivity contribution in [2.75, 3.05) is 5.73 Å². The van der Waals surface area contributed by atoms with Crippen molar-refractivity contribution in [1.82, 2.24) is 14.5 Å². The Bertz CT molecular complexity index is 1040. The summed E-state index contributed by atoms with van der Waals surface area (Å²) in [5.41, 5.74) is 7.08. The van der Waals surface area contributed by atoms with Crippen LogP contribution in [-0.2, 0) is 0 Å². The molecule has 0 aliphatic heterocycles. The van der Waals surface area contributed by atoms with Crippen molar-refractivity contribution in [2.45, 2.75) is 37.7 Å². The minimum Gasteiger partial charge on any atom is -0.390 e. The summed E-state index contributed by atoms with van der Waals surface area (Å²) < 4.78 is 28.4. The second-order valence-corrected chi connectivity index (χ2v) is 7.19. The van der Waals surface area contributed by atoms with Crippen molar-refractivity contribution in [3.05, 3.63) is 53.4 Å². The van der Waals surface area contributed by atoms with Crippen molar-refractivity contribution in [3.8, 4) is 0 Å². The lowest BCUT2D eigenvalue weighted by molar-refractivity contribution is -0.0265. The van der Waals surface area contributed by atoms with Crippen LogP contribution < -0.4 is 5.73 Å². The number of aryl methyl sites for hydroxylation is 1. The van der Waals surface area contributed by atoms with Crippen LogP contribution in [0.1, 0.15) is 29.8 Å². The van der Waals surface area contributed by atoms with Gasteiger partial charge in [0.1, 0.15) is 11.8 Å². The number of anilines is 1. The molecule has 148 valence electrons. The number of nitrogens with two attached hydrogens (primary N) is 1. The van der Waals surface area contributed by atoms with Crippen LogP contribution in [0.3, 0.4) is 0 Å². The quantitative estimate of drug-likeness (QED) is 0.540. The summed E-state index contributed by atoms with van der Waals surface area (Å²) in [7, 11) is 0. The zero-order valence-electron chi connectivity index (χ0n) is 15.0. The van der Waals surface area contributed by atoms with Crippen LogP contribution in [0, 0.1) is 24.5 Å². The Morgan fingerprint density at radius 1 is 1.14 bits per heavy atom. The molecule has 1 aliphatic rings. The number of rotatable bonds is 3. The fraction of sp³-hybridized carbons (Fsp3) is 0.368. The van der Waals surface area contributed by atoms with Crippen LogP contribution in [0.5, 0.6) is 0 Å². The van der Waals surface area contributed by atoms with Crippen molar-refractivity contribution < 1.29 is 24.1 Å². The lowest BCUT2D eigenvalue weighted by Crippen LogP contribution is -2.31. The van der Waals surface area contributed by atoms with Gasteiger partial charge in [0.15, 0.2) is 11.6 Å². The number of halogens is 2. The molecule has 9 heteroatoms. The van der Waals surface area contributed by atoms with E-state index in [1.54, 1.807) is 23.8 Å². The van der Waals surface area contributed by atoms with E-state index in [4.69, 9.17) is 5.73 Å². The number of benzene rings is 1. The summed E-state index contributed by atoms with van der Waals surface area (Å²) in [6.45, 7) is 1.79. The van der Waals surface area contributed by atoms with Crippen LogP contribution >= 0.6 is 0 Å². The van der Waals surface area contributed by atoms with E-state index in [1.807, 2.05) is 0 Å². The number of aliphatic hydroxyl groups excluding tert-OH is 3. The van der Waals surface area contributed by atoms with Crippen molar-refractivity contribution >= 4 is 17.0 Å². The molecule has 5 N–H and O–H groups in total. The van der Waals surface area contributed by atoms with E-state index in [0.717, 1.165) is 17.5 Å². The van der Waals surface area contributed by atoms with Gasteiger partial charge in [-0.05, 0) is 37.1 Å². The molecule has 5 atom stereocenters. The van der Waals surface area contributed by atoms with Crippen LogP contribution in [0.4, 0.5) is 14.7 Å². The zero-order chi connectivity index (χ0) is 20.2. The van der Waals surface area contributed by atoms with E-state index in [-0.39, 0.29) is 17.9 Å². The number of hydrogen-bond donors (Lipinski definition) is 4. The number of nitrogens with zero attached hydrogens (tertiary/aromatic N) is 3. The van der Waals surface area contributed by atoms with Crippen LogP contribution in [0.2, 0.25) is 0 Å². The molecule has 4 rings (SSSR count). The third-order valence-electron chi connectivity index (χ3n) is 5.52. The van der Waals surface area contributed by atoms with E-state index < -0.39 is 41.9 Å². The van der Waals surface area contributed by atoms with Crippen molar-refractivity contribution in [2.24, 2.45) is 5.92 Å². The van der Waals surface area contributed by atoms with Crippen LogP contribution in [0.25, 0.3) is 11.0 Å². The highest BCUT2D eigenvalue weighted by Gasteiger charge is 2.46. The van der Waals surface area contributed by atoms with Crippen molar-refractivity contribution in [1.29, 1.82) is 0 Å². The van der Waals surface area contributed by atoms with Crippen LogP contribution in [-0.4, -0.2) is 42.1 Å². The Morgan fingerprint density at radius 3 is 2.61 bits per heavy atom. The van der Waals surface area contributed by atoms with E-state index in [9.17, 15) is 24.1 Å². The molecule has 1 saturated carbocycles. The average molecular weight is 390 g/mol. The van der Waals surface area contributed by atoms with Gasteiger partial charge in [-0.15, -0.1) is 0 Å². The first-order valence-electron chi connectivity index (χ1n) is 8.87. The summed E-state index contributed by atoms with van der Waals surface area (Å²) in [6, 6.07) is 4.30. The Labute approximate surface area is 159 Å². The molecule has 0 amide bonds. The Balaban J connectivity index is 1.67. The second kappa shape index (κ2) is 6.77. The molecule has 0 radical (unpaired) electrons. The van der Waals surface area contributed by atoms with Gasteiger partial charge in [0.05, 0.1) is 23.9 Å². The lowest BCUT2D eigenvalue weighted by atomic mass is 9.92. The highest BCUT2D eigenvalue weighted by atomic mass is 19.2. The maximum absolute atomic E-state index is 13.5. The van der Waals surface area contributed by atoms with Gasteiger partial charge in [-0.1, -0.05) is 6.07 Å². The van der Waals surface area contributed by atoms with Gasteiger partial charge >= 0.3 is 0 Å². The number of hydrogen-bond acceptors (Lipinski definition) is 6. The van der Waals surface area contributed by atoms with E-state index >= 15 is 0 Å². The van der Waals surface area contributed by atoms with E-state index in [2.05, 4.69) is 9.97 Å². The maximum Gasteiger partial charge on any atom is 0.222 e. The first-order chi connectivity index (χ1) is 13.3. The second-order valence-electron chi connectivity index (χ2n) is 7.19. The lowest BCUT2D eigenvalue weighted by Gasteiger charge is -2.22. The normalized spacial score (nSPS) is 26.1. The first-order valence-corrected chi connectivity index (χ1v) is 8.87. The van der Waals surface area contributed by atoms with E-state index in [1.165, 1.54) is 6.07 Å². The number of aromatic nitrogens is 3.